The smallest absolute Gasteiger partial charge is 0.140 e. The van der Waals surface area contributed by atoms with Crippen molar-refractivity contribution in [2.24, 2.45) is 10.9 Å². The highest BCUT2D eigenvalue weighted by Gasteiger charge is 2.11. The van der Waals surface area contributed by atoms with Gasteiger partial charge in [-0.15, -0.1) is 0 Å². The third-order valence-electron chi connectivity index (χ3n) is 3.02. The van der Waals surface area contributed by atoms with Crippen LogP contribution in [0.1, 0.15) is 6.42 Å². The molecule has 2 aromatic rings. The van der Waals surface area contributed by atoms with Gasteiger partial charge in [0.15, 0.2) is 0 Å². The normalized spacial score (nSPS) is 11.2. The molecule has 1 aromatic heterocycles. The summed E-state index contributed by atoms with van der Waals surface area (Å²) in [7, 11) is 1.60. The molecule has 6 nitrogen and oxygen atoms in total. The number of rotatable bonds is 6. The molecular formula is C15H18N4O2. The number of hydrogen-bond acceptors (Lipinski definition) is 5. The van der Waals surface area contributed by atoms with E-state index >= 15 is 0 Å². The van der Waals surface area contributed by atoms with Gasteiger partial charge in [0, 0.05) is 18.7 Å². The number of benzene rings is 1. The van der Waals surface area contributed by atoms with Crippen LogP contribution in [-0.4, -0.2) is 29.7 Å². The average Bonchev–Trinajstić information content (AvgIpc) is 2.56. The molecule has 110 valence electrons. The van der Waals surface area contributed by atoms with E-state index in [2.05, 4.69) is 10.1 Å². The first kappa shape index (κ1) is 14.6. The summed E-state index contributed by atoms with van der Waals surface area (Å²) in [6, 6.07) is 13.5. The number of hydrogen-bond donors (Lipinski definition) is 2. The van der Waals surface area contributed by atoms with Crippen LogP contribution in [0.4, 0.5) is 11.5 Å². The Hall–Kier alpha value is -2.76. The van der Waals surface area contributed by atoms with E-state index < -0.39 is 0 Å². The minimum absolute atomic E-state index is 0.185. The zero-order valence-corrected chi connectivity index (χ0v) is 11.8. The maximum Gasteiger partial charge on any atom is 0.140 e. The molecule has 0 aliphatic rings. The first-order valence-corrected chi connectivity index (χ1v) is 6.53. The van der Waals surface area contributed by atoms with Crippen molar-refractivity contribution >= 4 is 17.3 Å². The lowest BCUT2D eigenvalue weighted by molar-refractivity contribution is 0.317. The van der Waals surface area contributed by atoms with Crippen LogP contribution < -0.4 is 15.4 Å². The molecule has 0 spiro atoms. The van der Waals surface area contributed by atoms with E-state index in [4.69, 9.17) is 15.7 Å². The number of nitrogens with two attached hydrogens (primary N) is 1. The van der Waals surface area contributed by atoms with Crippen LogP contribution >= 0.6 is 0 Å². The number of anilines is 2. The standard InChI is InChI=1S/C15H18N4O2/c1-21-13-7-8-15(17-11-13)19(10-9-14(16)18-20)12-5-3-2-4-6-12/h2-8,11,20H,9-10H2,1H3,(H2,16,18). The van der Waals surface area contributed by atoms with Gasteiger partial charge in [0.2, 0.25) is 0 Å². The zero-order valence-electron chi connectivity index (χ0n) is 11.8. The highest BCUT2D eigenvalue weighted by molar-refractivity contribution is 5.80. The van der Waals surface area contributed by atoms with Crippen molar-refractivity contribution in [3.8, 4) is 5.75 Å². The van der Waals surface area contributed by atoms with E-state index in [0.717, 1.165) is 11.5 Å². The molecule has 0 fully saturated rings. The zero-order chi connectivity index (χ0) is 15.1. The van der Waals surface area contributed by atoms with Gasteiger partial charge < -0.3 is 20.6 Å². The predicted octanol–water partition coefficient (Wildman–Crippen LogP) is 2.36. The highest BCUT2D eigenvalue weighted by Crippen LogP contribution is 2.24. The number of oxime groups is 1. The van der Waals surface area contributed by atoms with Gasteiger partial charge >= 0.3 is 0 Å². The highest BCUT2D eigenvalue weighted by atomic mass is 16.5. The molecule has 0 unspecified atom stereocenters. The van der Waals surface area contributed by atoms with Gasteiger partial charge in [-0.05, 0) is 24.3 Å². The van der Waals surface area contributed by atoms with Gasteiger partial charge in [-0.25, -0.2) is 4.98 Å². The third-order valence-corrected chi connectivity index (χ3v) is 3.02. The largest absolute Gasteiger partial charge is 0.495 e. The summed E-state index contributed by atoms with van der Waals surface area (Å²) >= 11 is 0. The summed E-state index contributed by atoms with van der Waals surface area (Å²) in [5.74, 6) is 1.65. The van der Waals surface area contributed by atoms with Gasteiger partial charge in [-0.2, -0.15) is 0 Å². The van der Waals surface area contributed by atoms with Crippen LogP contribution in [0.3, 0.4) is 0 Å². The lowest BCUT2D eigenvalue weighted by Crippen LogP contribution is -2.24. The van der Waals surface area contributed by atoms with Crippen LogP contribution in [0.25, 0.3) is 0 Å². The van der Waals surface area contributed by atoms with Crippen molar-refractivity contribution in [1.82, 2.24) is 4.98 Å². The first-order chi connectivity index (χ1) is 10.2. The quantitative estimate of drug-likeness (QED) is 0.368. The monoisotopic (exact) mass is 286 g/mol. The summed E-state index contributed by atoms with van der Waals surface area (Å²) in [5, 5.41) is 11.7. The van der Waals surface area contributed by atoms with Gasteiger partial charge in [0.05, 0.1) is 13.3 Å². The maximum atomic E-state index is 8.67. The third kappa shape index (κ3) is 3.85. The Kier molecular flexibility index (Phi) is 4.98. The lowest BCUT2D eigenvalue weighted by Gasteiger charge is -2.23. The molecule has 0 radical (unpaired) electrons. The van der Waals surface area contributed by atoms with Crippen molar-refractivity contribution < 1.29 is 9.94 Å². The Labute approximate surface area is 123 Å². The van der Waals surface area contributed by atoms with Gasteiger partial charge in [0.1, 0.15) is 17.4 Å². The molecular weight excluding hydrogens is 268 g/mol. The van der Waals surface area contributed by atoms with Crippen molar-refractivity contribution in [1.29, 1.82) is 0 Å². The van der Waals surface area contributed by atoms with Crippen LogP contribution in [0, 0.1) is 0 Å². The van der Waals surface area contributed by atoms with Gasteiger partial charge in [-0.1, -0.05) is 23.4 Å². The molecule has 1 aromatic carbocycles. The van der Waals surface area contributed by atoms with Gasteiger partial charge in [-0.3, -0.25) is 0 Å². The number of amidine groups is 1. The van der Waals surface area contributed by atoms with E-state index in [1.54, 1.807) is 13.3 Å². The molecule has 0 amide bonds. The summed E-state index contributed by atoms with van der Waals surface area (Å²) in [4.78, 5) is 6.39. The van der Waals surface area contributed by atoms with Crippen molar-refractivity contribution in [2.75, 3.05) is 18.6 Å². The van der Waals surface area contributed by atoms with E-state index in [-0.39, 0.29) is 5.84 Å². The fourth-order valence-corrected chi connectivity index (χ4v) is 1.91. The second-order valence-electron chi connectivity index (χ2n) is 4.38. The van der Waals surface area contributed by atoms with Crippen molar-refractivity contribution in [3.63, 3.8) is 0 Å². The Bertz CT molecular complexity index is 584. The van der Waals surface area contributed by atoms with Gasteiger partial charge in [0.25, 0.3) is 0 Å². The number of aromatic nitrogens is 1. The molecule has 6 heteroatoms. The number of methoxy groups -OCH3 is 1. The summed E-state index contributed by atoms with van der Waals surface area (Å²) in [6.45, 7) is 0.555. The van der Waals surface area contributed by atoms with E-state index in [1.165, 1.54) is 0 Å². The number of nitrogens with zero attached hydrogens (tertiary/aromatic N) is 3. The van der Waals surface area contributed by atoms with Crippen LogP contribution in [0.15, 0.2) is 53.8 Å². The average molecular weight is 286 g/mol. The lowest BCUT2D eigenvalue weighted by atomic mass is 10.2. The molecule has 3 N–H and O–H groups in total. The Balaban J connectivity index is 2.26. The molecule has 0 bridgehead atoms. The van der Waals surface area contributed by atoms with E-state index in [1.807, 2.05) is 47.4 Å². The first-order valence-electron chi connectivity index (χ1n) is 6.53. The number of ether oxygens (including phenoxy) is 1. The van der Waals surface area contributed by atoms with E-state index in [0.29, 0.717) is 18.7 Å². The summed E-state index contributed by atoms with van der Waals surface area (Å²) in [6.07, 6.45) is 2.09. The van der Waals surface area contributed by atoms with Crippen molar-refractivity contribution in [3.05, 3.63) is 48.7 Å². The Morgan fingerprint density at radius 3 is 2.62 bits per heavy atom. The fraction of sp³-hybridized carbons (Fsp3) is 0.200. The Morgan fingerprint density at radius 2 is 2.05 bits per heavy atom. The molecule has 0 saturated heterocycles. The van der Waals surface area contributed by atoms with Crippen LogP contribution in [0.5, 0.6) is 5.75 Å². The second kappa shape index (κ2) is 7.14. The minimum atomic E-state index is 0.185. The molecule has 2 rings (SSSR count). The SMILES string of the molecule is COc1ccc(N(CC/C(N)=N/O)c2ccccc2)nc1. The predicted molar refractivity (Wildman–Crippen MR) is 82.3 cm³/mol. The molecule has 0 aliphatic heterocycles. The van der Waals surface area contributed by atoms with Crippen molar-refractivity contribution in [2.45, 2.75) is 6.42 Å². The molecule has 0 saturated carbocycles. The summed E-state index contributed by atoms with van der Waals surface area (Å²) in [5.41, 5.74) is 6.54. The maximum absolute atomic E-state index is 8.67. The number of pyridine rings is 1. The minimum Gasteiger partial charge on any atom is -0.495 e. The molecule has 0 atom stereocenters. The Morgan fingerprint density at radius 1 is 1.29 bits per heavy atom. The number of para-hydroxylation sites is 1. The topological polar surface area (TPSA) is 84.0 Å². The second-order valence-corrected chi connectivity index (χ2v) is 4.38. The molecule has 21 heavy (non-hydrogen) atoms. The summed E-state index contributed by atoms with van der Waals surface area (Å²) < 4.78 is 5.12. The fourth-order valence-electron chi connectivity index (χ4n) is 1.91. The van der Waals surface area contributed by atoms with Crippen LogP contribution in [-0.2, 0) is 0 Å². The molecule has 0 aliphatic carbocycles. The molecule has 1 heterocycles. The van der Waals surface area contributed by atoms with Crippen LogP contribution in [0.2, 0.25) is 0 Å². The van der Waals surface area contributed by atoms with E-state index in [9.17, 15) is 0 Å².